The Bertz CT molecular complexity index is 437. The zero-order valence-electron chi connectivity index (χ0n) is 8.33. The predicted octanol–water partition coefficient (Wildman–Crippen LogP) is 2.28. The maximum atomic E-state index is 5.78. The standard InChI is InChI=1S/C11H13N3/c1-7-3-8(2)5-9(4-7)11-10(12)6-13-14-11/h3-6H,12H2,1-2H3,(H,13,14). The number of rotatable bonds is 1. The van der Waals surface area contributed by atoms with Crippen LogP contribution in [0.1, 0.15) is 11.1 Å². The lowest BCUT2D eigenvalue weighted by atomic mass is 10.0. The minimum atomic E-state index is 0.690. The Balaban J connectivity index is 2.57. The molecule has 3 N–H and O–H groups in total. The largest absolute Gasteiger partial charge is 0.396 e. The van der Waals surface area contributed by atoms with Crippen LogP contribution in [0.2, 0.25) is 0 Å². The van der Waals surface area contributed by atoms with E-state index in [-0.39, 0.29) is 0 Å². The van der Waals surface area contributed by atoms with Gasteiger partial charge in [0.25, 0.3) is 0 Å². The first kappa shape index (κ1) is 8.81. The fourth-order valence-corrected chi connectivity index (χ4v) is 1.65. The molecule has 1 aromatic carbocycles. The number of aromatic amines is 1. The van der Waals surface area contributed by atoms with Crippen molar-refractivity contribution in [1.29, 1.82) is 0 Å². The number of hydrogen-bond acceptors (Lipinski definition) is 2. The van der Waals surface area contributed by atoms with E-state index in [4.69, 9.17) is 5.73 Å². The summed E-state index contributed by atoms with van der Waals surface area (Å²) in [5.74, 6) is 0. The van der Waals surface area contributed by atoms with E-state index in [2.05, 4.69) is 42.2 Å². The third-order valence-corrected chi connectivity index (χ3v) is 2.18. The van der Waals surface area contributed by atoms with E-state index >= 15 is 0 Å². The lowest BCUT2D eigenvalue weighted by Gasteiger charge is -2.03. The molecule has 0 atom stereocenters. The second-order valence-corrected chi connectivity index (χ2v) is 3.58. The molecule has 2 rings (SSSR count). The van der Waals surface area contributed by atoms with Crippen molar-refractivity contribution in [3.05, 3.63) is 35.5 Å². The summed E-state index contributed by atoms with van der Waals surface area (Å²) in [5.41, 5.74) is 10.9. The van der Waals surface area contributed by atoms with Crippen LogP contribution in [-0.4, -0.2) is 10.2 Å². The first-order valence-electron chi connectivity index (χ1n) is 4.54. The van der Waals surface area contributed by atoms with Crippen LogP contribution in [0.15, 0.2) is 24.4 Å². The van der Waals surface area contributed by atoms with Gasteiger partial charge in [0.15, 0.2) is 0 Å². The van der Waals surface area contributed by atoms with Crippen LogP contribution in [0.25, 0.3) is 11.3 Å². The molecule has 3 nitrogen and oxygen atoms in total. The molecule has 0 saturated carbocycles. The normalized spacial score (nSPS) is 10.4. The van der Waals surface area contributed by atoms with Crippen LogP contribution >= 0.6 is 0 Å². The molecule has 14 heavy (non-hydrogen) atoms. The molecule has 0 aliphatic rings. The van der Waals surface area contributed by atoms with Gasteiger partial charge in [0.05, 0.1) is 17.6 Å². The highest BCUT2D eigenvalue weighted by Gasteiger charge is 2.04. The van der Waals surface area contributed by atoms with Gasteiger partial charge < -0.3 is 5.73 Å². The molecule has 0 spiro atoms. The molecule has 72 valence electrons. The van der Waals surface area contributed by atoms with E-state index in [1.54, 1.807) is 6.20 Å². The Morgan fingerprint density at radius 2 is 1.79 bits per heavy atom. The molecular formula is C11H13N3. The zero-order chi connectivity index (χ0) is 10.1. The molecule has 0 aliphatic carbocycles. The molecule has 1 aromatic heterocycles. The van der Waals surface area contributed by atoms with E-state index in [9.17, 15) is 0 Å². The molecule has 0 fully saturated rings. The summed E-state index contributed by atoms with van der Waals surface area (Å²) in [6.45, 7) is 4.14. The van der Waals surface area contributed by atoms with Crippen molar-refractivity contribution in [2.75, 3.05) is 5.73 Å². The van der Waals surface area contributed by atoms with Crippen LogP contribution in [0.3, 0.4) is 0 Å². The van der Waals surface area contributed by atoms with Gasteiger partial charge in [0.2, 0.25) is 0 Å². The Morgan fingerprint density at radius 1 is 1.14 bits per heavy atom. The Morgan fingerprint density at radius 3 is 2.29 bits per heavy atom. The van der Waals surface area contributed by atoms with Gasteiger partial charge in [0, 0.05) is 5.56 Å². The summed E-state index contributed by atoms with van der Waals surface area (Å²) >= 11 is 0. The van der Waals surface area contributed by atoms with Gasteiger partial charge in [-0.1, -0.05) is 17.2 Å². The molecule has 0 saturated heterocycles. The fraction of sp³-hybridized carbons (Fsp3) is 0.182. The van der Waals surface area contributed by atoms with Crippen molar-refractivity contribution < 1.29 is 0 Å². The summed E-state index contributed by atoms with van der Waals surface area (Å²) < 4.78 is 0. The average Bonchev–Trinajstić information content (AvgIpc) is 2.49. The SMILES string of the molecule is Cc1cc(C)cc(-c2[nH]ncc2N)c1. The van der Waals surface area contributed by atoms with Gasteiger partial charge in [-0.2, -0.15) is 5.10 Å². The van der Waals surface area contributed by atoms with E-state index in [1.807, 2.05) is 0 Å². The molecule has 2 aromatic rings. The van der Waals surface area contributed by atoms with Gasteiger partial charge in [-0.3, -0.25) is 5.10 Å². The van der Waals surface area contributed by atoms with E-state index in [1.165, 1.54) is 11.1 Å². The number of aryl methyl sites for hydroxylation is 2. The molecule has 0 unspecified atom stereocenters. The smallest absolute Gasteiger partial charge is 0.0880 e. The first-order chi connectivity index (χ1) is 6.66. The van der Waals surface area contributed by atoms with Crippen LogP contribution in [0, 0.1) is 13.8 Å². The number of H-pyrrole nitrogens is 1. The van der Waals surface area contributed by atoms with Crippen LogP contribution in [-0.2, 0) is 0 Å². The quantitative estimate of drug-likeness (QED) is 0.719. The van der Waals surface area contributed by atoms with Crippen molar-refractivity contribution in [2.45, 2.75) is 13.8 Å². The summed E-state index contributed by atoms with van der Waals surface area (Å²) in [4.78, 5) is 0. The first-order valence-corrected chi connectivity index (χ1v) is 4.54. The molecule has 3 heteroatoms. The van der Waals surface area contributed by atoms with E-state index in [0.717, 1.165) is 11.3 Å². The highest BCUT2D eigenvalue weighted by Crippen LogP contribution is 2.24. The minimum Gasteiger partial charge on any atom is -0.396 e. The van der Waals surface area contributed by atoms with Gasteiger partial charge >= 0.3 is 0 Å². The van der Waals surface area contributed by atoms with E-state index in [0.29, 0.717) is 5.69 Å². The second-order valence-electron chi connectivity index (χ2n) is 3.58. The number of benzene rings is 1. The van der Waals surface area contributed by atoms with Crippen molar-refractivity contribution in [3.8, 4) is 11.3 Å². The predicted molar refractivity (Wildman–Crippen MR) is 57.9 cm³/mol. The van der Waals surface area contributed by atoms with Gasteiger partial charge in [0.1, 0.15) is 0 Å². The topological polar surface area (TPSA) is 54.7 Å². The minimum absolute atomic E-state index is 0.690. The second kappa shape index (κ2) is 3.18. The Hall–Kier alpha value is -1.77. The monoisotopic (exact) mass is 187 g/mol. The van der Waals surface area contributed by atoms with Gasteiger partial charge in [-0.25, -0.2) is 0 Å². The number of nitrogens with zero attached hydrogens (tertiary/aromatic N) is 1. The number of nitrogens with one attached hydrogen (secondary N) is 1. The molecule has 0 amide bonds. The summed E-state index contributed by atoms with van der Waals surface area (Å²) in [6.07, 6.45) is 1.63. The highest BCUT2D eigenvalue weighted by molar-refractivity contribution is 5.72. The van der Waals surface area contributed by atoms with Crippen molar-refractivity contribution in [1.82, 2.24) is 10.2 Å². The number of aromatic nitrogens is 2. The van der Waals surface area contributed by atoms with Gasteiger partial charge in [-0.15, -0.1) is 0 Å². The molecule has 0 radical (unpaired) electrons. The van der Waals surface area contributed by atoms with Crippen molar-refractivity contribution >= 4 is 5.69 Å². The van der Waals surface area contributed by atoms with Gasteiger partial charge in [-0.05, 0) is 26.0 Å². The summed E-state index contributed by atoms with van der Waals surface area (Å²) in [5, 5.41) is 6.81. The number of nitrogens with two attached hydrogens (primary N) is 1. The van der Waals surface area contributed by atoms with Crippen LogP contribution < -0.4 is 5.73 Å². The number of nitrogen functional groups attached to an aromatic ring is 1. The maximum absolute atomic E-state index is 5.78. The Labute approximate surface area is 83.0 Å². The molecule has 0 bridgehead atoms. The third kappa shape index (κ3) is 1.48. The van der Waals surface area contributed by atoms with Crippen molar-refractivity contribution in [2.24, 2.45) is 0 Å². The van der Waals surface area contributed by atoms with Crippen molar-refractivity contribution in [3.63, 3.8) is 0 Å². The maximum Gasteiger partial charge on any atom is 0.0880 e. The molecule has 0 aliphatic heterocycles. The Kier molecular flexibility index (Phi) is 2.00. The lowest BCUT2D eigenvalue weighted by Crippen LogP contribution is -1.88. The van der Waals surface area contributed by atoms with Crippen LogP contribution in [0.4, 0.5) is 5.69 Å². The number of hydrogen-bond donors (Lipinski definition) is 2. The fourth-order valence-electron chi connectivity index (χ4n) is 1.65. The third-order valence-electron chi connectivity index (χ3n) is 2.18. The van der Waals surface area contributed by atoms with E-state index < -0.39 is 0 Å². The van der Waals surface area contributed by atoms with Crippen LogP contribution in [0.5, 0.6) is 0 Å². The highest BCUT2D eigenvalue weighted by atomic mass is 15.1. The zero-order valence-corrected chi connectivity index (χ0v) is 8.33. The molecule has 1 heterocycles. The summed E-state index contributed by atoms with van der Waals surface area (Å²) in [7, 11) is 0. The molecular weight excluding hydrogens is 174 g/mol. The number of anilines is 1. The summed E-state index contributed by atoms with van der Waals surface area (Å²) in [6, 6.07) is 6.32. The lowest BCUT2D eigenvalue weighted by molar-refractivity contribution is 1.09. The average molecular weight is 187 g/mol.